The first-order valence-corrected chi connectivity index (χ1v) is 8.94. The summed E-state index contributed by atoms with van der Waals surface area (Å²) in [5.74, 6) is 7.30. The second-order valence-corrected chi connectivity index (χ2v) is 7.10. The molecule has 5 heteroatoms. The lowest BCUT2D eigenvalue weighted by Crippen LogP contribution is -2.28. The smallest absolute Gasteiger partial charge is 0.319 e. The van der Waals surface area contributed by atoms with Gasteiger partial charge in [0.15, 0.2) is 11.5 Å². The number of carbonyl (C=O) groups is 1. The summed E-state index contributed by atoms with van der Waals surface area (Å²) in [5.41, 5.74) is 2.79. The summed E-state index contributed by atoms with van der Waals surface area (Å²) >= 11 is 0. The molecule has 2 aromatic rings. The number of rotatable bonds is 4. The molecule has 5 nitrogen and oxygen atoms in total. The molecule has 0 aliphatic carbocycles. The lowest BCUT2D eigenvalue weighted by Gasteiger charge is -2.17. The minimum atomic E-state index is -0.285. The van der Waals surface area contributed by atoms with Crippen LogP contribution in [0.25, 0.3) is 0 Å². The molecule has 3 rings (SSSR count). The Hall–Kier alpha value is -3.13. The third-order valence-corrected chi connectivity index (χ3v) is 4.09. The molecule has 0 fully saturated rings. The molecule has 27 heavy (non-hydrogen) atoms. The minimum absolute atomic E-state index is 0.206. The van der Waals surface area contributed by atoms with Gasteiger partial charge < -0.3 is 20.1 Å². The Kier molecular flexibility index (Phi) is 5.56. The molecular weight excluding hydrogens is 340 g/mol. The predicted molar refractivity (Wildman–Crippen MR) is 106 cm³/mol. The van der Waals surface area contributed by atoms with Crippen molar-refractivity contribution >= 4 is 11.7 Å². The molecule has 0 unspecified atom stereocenters. The van der Waals surface area contributed by atoms with Crippen LogP contribution in [0.2, 0.25) is 0 Å². The van der Waals surface area contributed by atoms with E-state index < -0.39 is 0 Å². The number of fused-ring (bicyclic) bond motifs is 1. The zero-order chi connectivity index (χ0) is 19.3. The molecule has 1 aliphatic rings. The van der Waals surface area contributed by atoms with Gasteiger partial charge in [-0.1, -0.05) is 36.1 Å². The summed E-state index contributed by atoms with van der Waals surface area (Å²) in [6.45, 7) is 6.58. The van der Waals surface area contributed by atoms with E-state index in [-0.39, 0.29) is 24.8 Å². The maximum atomic E-state index is 11.8. The van der Waals surface area contributed by atoms with Crippen LogP contribution in [0.1, 0.15) is 25.0 Å². The summed E-state index contributed by atoms with van der Waals surface area (Å²) in [6, 6.07) is 13.2. The second-order valence-electron chi connectivity index (χ2n) is 7.10. The summed E-state index contributed by atoms with van der Waals surface area (Å²) in [5, 5.41) is 5.47. The van der Waals surface area contributed by atoms with E-state index in [2.05, 4.69) is 42.4 Å². The second kappa shape index (κ2) is 8.05. The van der Waals surface area contributed by atoms with E-state index in [4.69, 9.17) is 9.47 Å². The molecule has 2 N–H and O–H groups in total. The van der Waals surface area contributed by atoms with Crippen molar-refractivity contribution in [1.29, 1.82) is 0 Å². The van der Waals surface area contributed by atoms with Gasteiger partial charge in [-0.25, -0.2) is 4.79 Å². The van der Waals surface area contributed by atoms with Crippen LogP contribution in [0.4, 0.5) is 10.5 Å². The third kappa shape index (κ3) is 5.18. The number of carbonyl (C=O) groups excluding carboxylic acids is 1. The van der Waals surface area contributed by atoms with Gasteiger partial charge in [-0.05, 0) is 44.5 Å². The average molecular weight is 364 g/mol. The Labute approximate surface area is 160 Å². The van der Waals surface area contributed by atoms with Crippen LogP contribution in [0, 0.1) is 18.8 Å². The van der Waals surface area contributed by atoms with E-state index in [1.54, 1.807) is 0 Å². The van der Waals surface area contributed by atoms with Crippen molar-refractivity contribution < 1.29 is 14.3 Å². The third-order valence-electron chi connectivity index (χ3n) is 4.09. The predicted octanol–water partition coefficient (Wildman–Crippen LogP) is 3.91. The molecule has 0 saturated carbocycles. The number of para-hydroxylation sites is 1. The van der Waals surface area contributed by atoms with E-state index in [1.807, 2.05) is 43.3 Å². The largest absolute Gasteiger partial charge is 0.483 e. The van der Waals surface area contributed by atoms with Crippen molar-refractivity contribution in [3.05, 3.63) is 53.6 Å². The topological polar surface area (TPSA) is 59.6 Å². The first-order chi connectivity index (χ1) is 12.9. The highest BCUT2D eigenvalue weighted by Crippen LogP contribution is 2.41. The normalized spacial score (nSPS) is 13.6. The Balaban J connectivity index is 1.43. The van der Waals surface area contributed by atoms with Crippen molar-refractivity contribution in [2.24, 2.45) is 0 Å². The van der Waals surface area contributed by atoms with Gasteiger partial charge in [-0.3, -0.25) is 0 Å². The van der Waals surface area contributed by atoms with Crippen LogP contribution in [-0.4, -0.2) is 24.8 Å². The first-order valence-electron chi connectivity index (χ1n) is 8.94. The van der Waals surface area contributed by atoms with Gasteiger partial charge in [0.25, 0.3) is 0 Å². The maximum absolute atomic E-state index is 11.8. The number of amides is 2. The minimum Gasteiger partial charge on any atom is -0.483 e. The number of ether oxygens (including phenoxy) is 2. The summed E-state index contributed by atoms with van der Waals surface area (Å²) in [4.78, 5) is 11.8. The van der Waals surface area contributed by atoms with Gasteiger partial charge in [0.1, 0.15) is 12.2 Å². The molecule has 1 aliphatic heterocycles. The highest BCUT2D eigenvalue weighted by atomic mass is 16.5. The van der Waals surface area contributed by atoms with Crippen LogP contribution >= 0.6 is 0 Å². The monoisotopic (exact) mass is 364 g/mol. The molecule has 0 bridgehead atoms. The van der Waals surface area contributed by atoms with Crippen molar-refractivity contribution in [2.75, 3.05) is 18.5 Å². The first kappa shape index (κ1) is 18.7. The average Bonchev–Trinajstić information content (AvgIpc) is 2.92. The number of hydrogen-bond acceptors (Lipinski definition) is 3. The summed E-state index contributed by atoms with van der Waals surface area (Å²) in [6.07, 6.45) is 0.866. The maximum Gasteiger partial charge on any atom is 0.319 e. The Morgan fingerprint density at radius 3 is 2.85 bits per heavy atom. The van der Waals surface area contributed by atoms with Crippen molar-refractivity contribution in [1.82, 2.24) is 5.32 Å². The fourth-order valence-electron chi connectivity index (χ4n) is 2.95. The van der Waals surface area contributed by atoms with E-state index >= 15 is 0 Å². The molecule has 0 radical (unpaired) electrons. The highest BCUT2D eigenvalue weighted by molar-refractivity contribution is 5.89. The van der Waals surface area contributed by atoms with Gasteiger partial charge in [-0.15, -0.1) is 0 Å². The van der Waals surface area contributed by atoms with Gasteiger partial charge in [0.2, 0.25) is 0 Å². The van der Waals surface area contributed by atoms with Gasteiger partial charge in [-0.2, -0.15) is 0 Å². The number of nitrogens with one attached hydrogen (secondary N) is 2. The van der Waals surface area contributed by atoms with E-state index in [0.29, 0.717) is 5.75 Å². The van der Waals surface area contributed by atoms with Crippen LogP contribution in [0.3, 0.4) is 0 Å². The van der Waals surface area contributed by atoms with Crippen LogP contribution < -0.4 is 20.1 Å². The lowest BCUT2D eigenvalue weighted by atomic mass is 10.0. The molecular formula is C22H24N2O3. The van der Waals surface area contributed by atoms with Crippen molar-refractivity contribution in [2.45, 2.75) is 32.8 Å². The fourth-order valence-corrected chi connectivity index (χ4v) is 2.95. The number of aryl methyl sites for hydroxylation is 1. The standard InChI is InChI=1S/C22H24N2O3/c1-16-8-6-10-18(14-16)24-21(25)23-12-4-5-13-26-19-11-7-9-17-15-22(2,3)27-20(17)19/h6-11,14H,12-13,15H2,1-3H3,(H2,23,24,25). The number of hydrogen-bond donors (Lipinski definition) is 2. The Morgan fingerprint density at radius 2 is 2.04 bits per heavy atom. The number of benzene rings is 2. The summed E-state index contributed by atoms with van der Waals surface area (Å²) < 4.78 is 11.7. The van der Waals surface area contributed by atoms with Gasteiger partial charge in [0, 0.05) is 17.7 Å². The summed E-state index contributed by atoms with van der Waals surface area (Å²) in [7, 11) is 0. The van der Waals surface area contributed by atoms with Crippen molar-refractivity contribution in [3.8, 4) is 23.3 Å². The molecule has 0 atom stereocenters. The van der Waals surface area contributed by atoms with E-state index in [9.17, 15) is 4.79 Å². The fraction of sp³-hybridized carbons (Fsp3) is 0.318. The molecule has 2 aromatic carbocycles. The Bertz CT molecular complexity index is 894. The molecule has 0 aromatic heterocycles. The molecule has 0 saturated heterocycles. The molecule has 140 valence electrons. The zero-order valence-corrected chi connectivity index (χ0v) is 15.9. The van der Waals surface area contributed by atoms with Gasteiger partial charge >= 0.3 is 6.03 Å². The van der Waals surface area contributed by atoms with E-state index in [0.717, 1.165) is 29.0 Å². The number of urea groups is 1. The Morgan fingerprint density at radius 1 is 1.22 bits per heavy atom. The molecule has 2 amide bonds. The molecule has 1 heterocycles. The van der Waals surface area contributed by atoms with Crippen LogP contribution in [-0.2, 0) is 6.42 Å². The molecule has 0 spiro atoms. The highest BCUT2D eigenvalue weighted by Gasteiger charge is 2.32. The van der Waals surface area contributed by atoms with Crippen molar-refractivity contribution in [3.63, 3.8) is 0 Å². The number of anilines is 1. The lowest BCUT2D eigenvalue weighted by molar-refractivity contribution is 0.133. The van der Waals surface area contributed by atoms with Gasteiger partial charge in [0.05, 0.1) is 6.54 Å². The van der Waals surface area contributed by atoms with Crippen LogP contribution in [0.5, 0.6) is 11.5 Å². The van der Waals surface area contributed by atoms with E-state index in [1.165, 1.54) is 0 Å². The van der Waals surface area contributed by atoms with Crippen LogP contribution in [0.15, 0.2) is 42.5 Å². The SMILES string of the molecule is Cc1cccc(NC(=O)NCC#CCOc2cccc3c2OC(C)(C)C3)c1. The quantitative estimate of drug-likeness (QED) is 0.809. The zero-order valence-electron chi connectivity index (χ0n) is 15.9.